The second-order valence-electron chi connectivity index (χ2n) is 7.49. The summed E-state index contributed by atoms with van der Waals surface area (Å²) in [4.78, 5) is 25.5. The van der Waals surface area contributed by atoms with E-state index in [1.54, 1.807) is 12.1 Å². The average Bonchev–Trinajstić information content (AvgIpc) is 3.23. The Morgan fingerprint density at radius 3 is 2.72 bits per heavy atom. The van der Waals surface area contributed by atoms with Crippen LogP contribution in [-0.4, -0.2) is 25.3 Å². The Morgan fingerprint density at radius 1 is 1.06 bits per heavy atom. The van der Waals surface area contributed by atoms with Crippen LogP contribution in [0.25, 0.3) is 27.5 Å². The van der Waals surface area contributed by atoms with Crippen molar-refractivity contribution in [3.8, 4) is 11.3 Å². The van der Waals surface area contributed by atoms with Crippen molar-refractivity contribution < 1.29 is 4.79 Å². The van der Waals surface area contributed by atoms with E-state index in [1.165, 1.54) is 10.8 Å². The quantitative estimate of drug-likeness (QED) is 0.406. The molecule has 0 saturated heterocycles. The number of carbonyl (C=O) groups excluding carboxylic acids is 1. The van der Waals surface area contributed by atoms with Crippen molar-refractivity contribution in [2.75, 3.05) is 5.32 Å². The first-order valence-corrected chi connectivity index (χ1v) is 10.8. The van der Waals surface area contributed by atoms with Crippen LogP contribution >= 0.6 is 15.9 Å². The molecular formula is C24H18BrN5O2. The summed E-state index contributed by atoms with van der Waals surface area (Å²) >= 11 is 3.44. The second kappa shape index (κ2) is 8.05. The van der Waals surface area contributed by atoms with Crippen LogP contribution in [0, 0.1) is 6.92 Å². The highest BCUT2D eigenvalue weighted by molar-refractivity contribution is 9.10. The number of hydrogen-bond acceptors (Lipinski definition) is 4. The van der Waals surface area contributed by atoms with Gasteiger partial charge in [0.1, 0.15) is 18.4 Å². The van der Waals surface area contributed by atoms with Gasteiger partial charge in [-0.3, -0.25) is 9.59 Å². The lowest BCUT2D eigenvalue weighted by Crippen LogP contribution is -2.30. The minimum Gasteiger partial charge on any atom is -0.324 e. The van der Waals surface area contributed by atoms with Crippen molar-refractivity contribution in [3.05, 3.63) is 93.4 Å². The van der Waals surface area contributed by atoms with Gasteiger partial charge < -0.3 is 5.32 Å². The number of carbonyl (C=O) groups is 1. The van der Waals surface area contributed by atoms with Gasteiger partial charge in [0.2, 0.25) is 5.91 Å². The molecule has 0 aliphatic heterocycles. The SMILES string of the molecule is Cc1cc(NC(=O)Cn2ncn3nc(-c4cccc5ccccc45)cc3c2=O)ccc1Br. The van der Waals surface area contributed by atoms with Crippen molar-refractivity contribution in [1.82, 2.24) is 19.4 Å². The van der Waals surface area contributed by atoms with Crippen molar-refractivity contribution in [2.45, 2.75) is 13.5 Å². The number of fused-ring (bicyclic) bond motifs is 2. The maximum absolute atomic E-state index is 13.0. The molecule has 158 valence electrons. The van der Waals surface area contributed by atoms with Crippen LogP contribution in [0.5, 0.6) is 0 Å². The molecule has 0 aliphatic rings. The van der Waals surface area contributed by atoms with Crippen molar-refractivity contribution >= 4 is 43.8 Å². The summed E-state index contributed by atoms with van der Waals surface area (Å²) in [5, 5.41) is 13.6. The molecule has 0 bridgehead atoms. The van der Waals surface area contributed by atoms with Crippen molar-refractivity contribution in [3.63, 3.8) is 0 Å². The standard InChI is InChI=1S/C24H18BrN5O2/c1-15-11-17(9-10-20(15)25)27-23(31)13-29-24(32)22-12-21(28-30(22)14-26-29)19-8-4-6-16-5-2-3-7-18(16)19/h2-12,14H,13H2,1H3,(H,27,31). The van der Waals surface area contributed by atoms with Crippen LogP contribution in [0.2, 0.25) is 0 Å². The van der Waals surface area contributed by atoms with Gasteiger partial charge in [-0.1, -0.05) is 58.4 Å². The third-order valence-electron chi connectivity index (χ3n) is 5.29. The largest absolute Gasteiger partial charge is 0.324 e. The number of aryl methyl sites for hydroxylation is 1. The van der Waals surface area contributed by atoms with E-state index in [4.69, 9.17) is 0 Å². The zero-order valence-electron chi connectivity index (χ0n) is 17.1. The third kappa shape index (κ3) is 3.69. The van der Waals surface area contributed by atoms with Crippen LogP contribution in [-0.2, 0) is 11.3 Å². The van der Waals surface area contributed by atoms with Gasteiger partial charge in [-0.25, -0.2) is 9.20 Å². The van der Waals surface area contributed by atoms with Crippen LogP contribution in [0.4, 0.5) is 5.69 Å². The first kappa shape index (κ1) is 20.1. The highest BCUT2D eigenvalue weighted by Crippen LogP contribution is 2.27. The lowest BCUT2D eigenvalue weighted by Gasteiger charge is -2.08. The Balaban J connectivity index is 1.46. The van der Waals surface area contributed by atoms with Crippen molar-refractivity contribution in [1.29, 1.82) is 0 Å². The average molecular weight is 488 g/mol. The van der Waals surface area contributed by atoms with E-state index >= 15 is 0 Å². The number of aromatic nitrogens is 4. The van der Waals surface area contributed by atoms with Crippen LogP contribution < -0.4 is 10.9 Å². The molecule has 2 heterocycles. The zero-order chi connectivity index (χ0) is 22.2. The molecule has 0 aliphatic carbocycles. The molecule has 3 aromatic carbocycles. The monoisotopic (exact) mass is 487 g/mol. The third-order valence-corrected chi connectivity index (χ3v) is 6.18. The van der Waals surface area contributed by atoms with E-state index in [2.05, 4.69) is 31.4 Å². The molecule has 5 aromatic rings. The highest BCUT2D eigenvalue weighted by atomic mass is 79.9. The van der Waals surface area contributed by atoms with Gasteiger partial charge in [0.15, 0.2) is 0 Å². The normalized spacial score (nSPS) is 11.2. The van der Waals surface area contributed by atoms with E-state index in [1.807, 2.05) is 61.5 Å². The maximum Gasteiger partial charge on any atom is 0.293 e. The Bertz CT molecular complexity index is 1550. The van der Waals surface area contributed by atoms with E-state index < -0.39 is 0 Å². The Labute approximate surface area is 191 Å². The fourth-order valence-electron chi connectivity index (χ4n) is 3.69. The highest BCUT2D eigenvalue weighted by Gasteiger charge is 2.14. The summed E-state index contributed by atoms with van der Waals surface area (Å²) in [6.07, 6.45) is 1.45. The molecule has 8 heteroatoms. The molecule has 2 aromatic heterocycles. The molecule has 1 N–H and O–H groups in total. The fraction of sp³-hybridized carbons (Fsp3) is 0.0833. The lowest BCUT2D eigenvalue weighted by molar-refractivity contribution is -0.117. The molecule has 7 nitrogen and oxygen atoms in total. The van der Waals surface area contributed by atoms with Gasteiger partial charge in [-0.2, -0.15) is 10.2 Å². The molecular weight excluding hydrogens is 470 g/mol. The van der Waals surface area contributed by atoms with E-state index in [9.17, 15) is 9.59 Å². The Morgan fingerprint density at radius 2 is 1.88 bits per heavy atom. The molecule has 0 saturated carbocycles. The topological polar surface area (TPSA) is 81.3 Å². The number of rotatable bonds is 4. The van der Waals surface area contributed by atoms with Crippen LogP contribution in [0.15, 0.2) is 82.3 Å². The summed E-state index contributed by atoms with van der Waals surface area (Å²) in [6, 6.07) is 21.2. The van der Waals surface area contributed by atoms with E-state index in [-0.39, 0.29) is 18.0 Å². The van der Waals surface area contributed by atoms with Gasteiger partial charge in [0.25, 0.3) is 5.56 Å². The molecule has 0 fully saturated rings. The molecule has 0 spiro atoms. The molecule has 0 unspecified atom stereocenters. The predicted molar refractivity (Wildman–Crippen MR) is 128 cm³/mol. The number of halogens is 1. The summed E-state index contributed by atoms with van der Waals surface area (Å²) in [6.45, 7) is 1.74. The number of hydrogen-bond donors (Lipinski definition) is 1. The molecule has 0 atom stereocenters. The maximum atomic E-state index is 13.0. The van der Waals surface area contributed by atoms with Crippen LogP contribution in [0.3, 0.4) is 0 Å². The summed E-state index contributed by atoms with van der Waals surface area (Å²) in [5.41, 5.74) is 3.24. The summed E-state index contributed by atoms with van der Waals surface area (Å²) < 4.78 is 3.55. The number of nitrogens with one attached hydrogen (secondary N) is 1. The zero-order valence-corrected chi connectivity index (χ0v) is 18.7. The van der Waals surface area contributed by atoms with Gasteiger partial charge in [-0.15, -0.1) is 0 Å². The minimum absolute atomic E-state index is 0.195. The van der Waals surface area contributed by atoms with Gasteiger partial charge in [0.05, 0.1) is 5.69 Å². The Kier molecular flexibility index (Phi) is 5.07. The molecule has 1 amide bonds. The van der Waals surface area contributed by atoms with Crippen molar-refractivity contribution in [2.24, 2.45) is 0 Å². The van der Waals surface area contributed by atoms with Gasteiger partial charge in [-0.05, 0) is 47.5 Å². The second-order valence-corrected chi connectivity index (χ2v) is 8.35. The molecule has 0 radical (unpaired) electrons. The van der Waals surface area contributed by atoms with E-state index in [0.717, 1.165) is 31.1 Å². The number of anilines is 1. The minimum atomic E-state index is -0.381. The predicted octanol–water partition coefficient (Wildman–Crippen LogP) is 4.42. The van der Waals surface area contributed by atoms with E-state index in [0.29, 0.717) is 16.9 Å². The first-order chi connectivity index (χ1) is 15.5. The number of benzene rings is 3. The van der Waals surface area contributed by atoms with Gasteiger partial charge in [0, 0.05) is 15.7 Å². The smallest absolute Gasteiger partial charge is 0.293 e. The number of amides is 1. The molecule has 32 heavy (non-hydrogen) atoms. The summed E-state index contributed by atoms with van der Waals surface area (Å²) in [5.74, 6) is -0.334. The first-order valence-electron chi connectivity index (χ1n) is 9.99. The van der Waals surface area contributed by atoms with Gasteiger partial charge >= 0.3 is 0 Å². The lowest BCUT2D eigenvalue weighted by atomic mass is 10.0. The van der Waals surface area contributed by atoms with Crippen LogP contribution in [0.1, 0.15) is 5.56 Å². The molecule has 5 rings (SSSR count). The number of nitrogens with zero attached hydrogens (tertiary/aromatic N) is 4. The Hall–Kier alpha value is -3.78. The fourth-order valence-corrected chi connectivity index (χ4v) is 3.94. The summed E-state index contributed by atoms with van der Waals surface area (Å²) in [7, 11) is 0.